The van der Waals surface area contributed by atoms with E-state index in [0.717, 1.165) is 25.2 Å². The molecule has 0 aromatic carbocycles. The van der Waals surface area contributed by atoms with Crippen LogP contribution in [0.5, 0.6) is 0 Å². The maximum Gasteiger partial charge on any atom is 0.305 e. The first-order valence-electron chi connectivity index (χ1n) is 8.09. The molecule has 0 amide bonds. The molecule has 0 saturated heterocycles. The van der Waals surface area contributed by atoms with E-state index in [2.05, 4.69) is 6.58 Å². The van der Waals surface area contributed by atoms with Gasteiger partial charge in [0.05, 0.1) is 6.61 Å². The van der Waals surface area contributed by atoms with Crippen LogP contribution in [0.15, 0.2) is 12.7 Å². The van der Waals surface area contributed by atoms with Crippen LogP contribution < -0.4 is 0 Å². The first kappa shape index (κ1) is 16.3. The Bertz CT molecular complexity index is 242. The quantitative estimate of drug-likeness (QED) is 0.298. The average Bonchev–Trinajstić information content (AvgIpc) is 2.91. The van der Waals surface area contributed by atoms with Gasteiger partial charge in [0, 0.05) is 6.42 Å². The van der Waals surface area contributed by atoms with Crippen LogP contribution in [0.2, 0.25) is 0 Å². The molecule has 1 aliphatic carbocycles. The molecule has 0 unspecified atom stereocenters. The summed E-state index contributed by atoms with van der Waals surface area (Å²) in [5.41, 5.74) is 0. The van der Waals surface area contributed by atoms with Crippen LogP contribution in [-0.4, -0.2) is 12.6 Å². The van der Waals surface area contributed by atoms with E-state index >= 15 is 0 Å². The summed E-state index contributed by atoms with van der Waals surface area (Å²) >= 11 is 0. The van der Waals surface area contributed by atoms with Crippen molar-refractivity contribution in [3.63, 3.8) is 0 Å². The third-order valence-corrected chi connectivity index (χ3v) is 4.03. The molecule has 1 saturated carbocycles. The molecule has 2 heteroatoms. The summed E-state index contributed by atoms with van der Waals surface area (Å²) in [7, 11) is 0. The maximum absolute atomic E-state index is 11.3. The Labute approximate surface area is 118 Å². The lowest BCUT2D eigenvalue weighted by Crippen LogP contribution is -2.05. The van der Waals surface area contributed by atoms with Crippen LogP contribution in [0, 0.1) is 5.92 Å². The van der Waals surface area contributed by atoms with Gasteiger partial charge in [-0.25, -0.2) is 0 Å². The lowest BCUT2D eigenvalue weighted by Gasteiger charge is -2.08. The summed E-state index contributed by atoms with van der Waals surface area (Å²) in [4.78, 5) is 11.3. The summed E-state index contributed by atoms with van der Waals surface area (Å²) in [5, 5.41) is 0. The molecule has 110 valence electrons. The number of esters is 1. The highest BCUT2D eigenvalue weighted by Crippen LogP contribution is 2.29. The lowest BCUT2D eigenvalue weighted by atomic mass is 9.99. The second-order valence-electron chi connectivity index (χ2n) is 5.75. The molecule has 1 fully saturated rings. The van der Waals surface area contributed by atoms with Crippen LogP contribution in [-0.2, 0) is 9.53 Å². The molecule has 0 radical (unpaired) electrons. The van der Waals surface area contributed by atoms with Gasteiger partial charge in [-0.2, -0.15) is 0 Å². The molecule has 19 heavy (non-hydrogen) atoms. The van der Waals surface area contributed by atoms with E-state index in [-0.39, 0.29) is 5.97 Å². The number of carbonyl (C=O) groups is 1. The fraction of sp³-hybridized carbons (Fsp3) is 0.824. The zero-order valence-corrected chi connectivity index (χ0v) is 12.4. The van der Waals surface area contributed by atoms with Gasteiger partial charge in [-0.05, 0) is 25.2 Å². The predicted octanol–water partition coefficient (Wildman–Crippen LogP) is 5.03. The fourth-order valence-electron chi connectivity index (χ4n) is 2.84. The van der Waals surface area contributed by atoms with E-state index in [1.807, 2.05) is 6.08 Å². The minimum Gasteiger partial charge on any atom is -0.466 e. The van der Waals surface area contributed by atoms with Crippen molar-refractivity contribution in [1.29, 1.82) is 0 Å². The molecule has 0 aromatic rings. The van der Waals surface area contributed by atoms with Gasteiger partial charge in [0.15, 0.2) is 0 Å². The Balaban J connectivity index is 1.79. The molecule has 2 nitrogen and oxygen atoms in total. The van der Waals surface area contributed by atoms with Gasteiger partial charge in [0.25, 0.3) is 0 Å². The molecule has 0 bridgehead atoms. The molecule has 0 heterocycles. The van der Waals surface area contributed by atoms with Gasteiger partial charge in [-0.1, -0.05) is 57.4 Å². The summed E-state index contributed by atoms with van der Waals surface area (Å²) in [6, 6.07) is 0. The second kappa shape index (κ2) is 11.1. The van der Waals surface area contributed by atoms with Crippen LogP contribution in [0.1, 0.15) is 77.0 Å². The van der Waals surface area contributed by atoms with Crippen molar-refractivity contribution in [2.75, 3.05) is 6.61 Å². The van der Waals surface area contributed by atoms with E-state index < -0.39 is 0 Å². The molecule has 0 spiro atoms. The predicted molar refractivity (Wildman–Crippen MR) is 80.1 cm³/mol. The summed E-state index contributed by atoms with van der Waals surface area (Å²) in [6.45, 7) is 4.25. The van der Waals surface area contributed by atoms with Crippen LogP contribution in [0.25, 0.3) is 0 Å². The molecule has 0 aliphatic heterocycles. The minimum absolute atomic E-state index is 0.0483. The standard InChI is InChI=1S/C17H30O2/c1-2-3-6-14-17(18)19-15-10-5-4-7-11-16-12-8-9-13-16/h2,16H,1,3-15H2. The zero-order valence-electron chi connectivity index (χ0n) is 12.4. The van der Waals surface area contributed by atoms with Gasteiger partial charge in [-0.3, -0.25) is 4.79 Å². The smallest absolute Gasteiger partial charge is 0.305 e. The average molecular weight is 266 g/mol. The van der Waals surface area contributed by atoms with Crippen molar-refractivity contribution in [3.05, 3.63) is 12.7 Å². The van der Waals surface area contributed by atoms with Crippen molar-refractivity contribution in [3.8, 4) is 0 Å². The van der Waals surface area contributed by atoms with Crippen molar-refractivity contribution in [2.45, 2.75) is 77.0 Å². The number of hydrogen-bond acceptors (Lipinski definition) is 2. The molecule has 0 atom stereocenters. The summed E-state index contributed by atoms with van der Waals surface area (Å²) in [5.74, 6) is 0.968. The molecule has 1 aliphatic rings. The number of hydrogen-bond donors (Lipinski definition) is 0. The Morgan fingerprint density at radius 3 is 2.58 bits per heavy atom. The van der Waals surface area contributed by atoms with Crippen molar-refractivity contribution < 1.29 is 9.53 Å². The SMILES string of the molecule is C=CCCCC(=O)OCCCCCCC1CCCC1. The van der Waals surface area contributed by atoms with Crippen LogP contribution in [0.3, 0.4) is 0 Å². The Morgan fingerprint density at radius 2 is 1.84 bits per heavy atom. The van der Waals surface area contributed by atoms with Gasteiger partial charge in [-0.15, -0.1) is 6.58 Å². The van der Waals surface area contributed by atoms with E-state index in [1.165, 1.54) is 51.4 Å². The number of allylic oxidation sites excluding steroid dienone is 1. The fourth-order valence-corrected chi connectivity index (χ4v) is 2.84. The third kappa shape index (κ3) is 8.85. The van der Waals surface area contributed by atoms with Crippen molar-refractivity contribution >= 4 is 5.97 Å². The number of ether oxygens (including phenoxy) is 1. The number of carbonyl (C=O) groups excluding carboxylic acids is 1. The van der Waals surface area contributed by atoms with E-state index in [9.17, 15) is 4.79 Å². The van der Waals surface area contributed by atoms with Gasteiger partial charge >= 0.3 is 5.97 Å². The summed E-state index contributed by atoms with van der Waals surface area (Å²) < 4.78 is 5.20. The van der Waals surface area contributed by atoms with Gasteiger partial charge in [0.2, 0.25) is 0 Å². The molecular formula is C17H30O2. The first-order chi connectivity index (χ1) is 9.33. The number of unbranched alkanes of at least 4 members (excludes halogenated alkanes) is 4. The second-order valence-corrected chi connectivity index (χ2v) is 5.75. The highest BCUT2D eigenvalue weighted by Gasteiger charge is 2.13. The highest BCUT2D eigenvalue weighted by atomic mass is 16.5. The lowest BCUT2D eigenvalue weighted by molar-refractivity contribution is -0.143. The Kier molecular flexibility index (Phi) is 9.48. The largest absolute Gasteiger partial charge is 0.466 e. The third-order valence-electron chi connectivity index (χ3n) is 4.03. The summed E-state index contributed by atoms with van der Waals surface area (Å²) in [6.07, 6.45) is 16.3. The molecular weight excluding hydrogens is 236 g/mol. The van der Waals surface area contributed by atoms with E-state index in [1.54, 1.807) is 0 Å². The van der Waals surface area contributed by atoms with Crippen LogP contribution >= 0.6 is 0 Å². The first-order valence-corrected chi connectivity index (χ1v) is 8.09. The molecule has 0 aromatic heterocycles. The maximum atomic E-state index is 11.3. The Morgan fingerprint density at radius 1 is 1.11 bits per heavy atom. The van der Waals surface area contributed by atoms with E-state index in [0.29, 0.717) is 13.0 Å². The van der Waals surface area contributed by atoms with E-state index in [4.69, 9.17) is 4.74 Å². The van der Waals surface area contributed by atoms with Gasteiger partial charge < -0.3 is 4.74 Å². The zero-order chi connectivity index (χ0) is 13.8. The van der Waals surface area contributed by atoms with Gasteiger partial charge in [0.1, 0.15) is 0 Å². The van der Waals surface area contributed by atoms with Crippen molar-refractivity contribution in [2.24, 2.45) is 5.92 Å². The normalized spacial score (nSPS) is 15.6. The molecule has 1 rings (SSSR count). The molecule has 0 N–H and O–H groups in total. The van der Waals surface area contributed by atoms with Crippen LogP contribution in [0.4, 0.5) is 0 Å². The van der Waals surface area contributed by atoms with Crippen molar-refractivity contribution in [1.82, 2.24) is 0 Å². The monoisotopic (exact) mass is 266 g/mol. The minimum atomic E-state index is -0.0483. The Hall–Kier alpha value is -0.790. The topological polar surface area (TPSA) is 26.3 Å². The number of rotatable bonds is 11. The highest BCUT2D eigenvalue weighted by molar-refractivity contribution is 5.69.